The number of fused-ring (bicyclic) bond motifs is 1. The van der Waals surface area contributed by atoms with Crippen LogP contribution < -0.4 is 11.1 Å². The number of nitrogens with zero attached hydrogens (tertiary/aromatic N) is 1. The van der Waals surface area contributed by atoms with Gasteiger partial charge in [0.15, 0.2) is 0 Å². The molecule has 1 aliphatic rings. The average Bonchev–Trinajstić information content (AvgIpc) is 2.99. The van der Waals surface area contributed by atoms with Gasteiger partial charge in [-0.25, -0.2) is 4.98 Å². The molecule has 1 amide bonds. The monoisotopic (exact) mass is 287 g/mol. The number of nitrogens with two attached hydrogens (primary N) is 1. The summed E-state index contributed by atoms with van der Waals surface area (Å²) in [5, 5.41) is 6.51. The van der Waals surface area contributed by atoms with Crippen LogP contribution in [0.5, 0.6) is 0 Å². The van der Waals surface area contributed by atoms with Gasteiger partial charge in [0, 0.05) is 23.7 Å². The zero-order valence-electron chi connectivity index (χ0n) is 11.3. The van der Waals surface area contributed by atoms with Crippen LogP contribution in [0.2, 0.25) is 0 Å². The van der Waals surface area contributed by atoms with Gasteiger partial charge in [-0.05, 0) is 24.5 Å². The maximum absolute atomic E-state index is 11.8. The Kier molecular flexibility index (Phi) is 3.54. The quantitative estimate of drug-likeness (QED) is 0.900. The molecule has 1 aliphatic carbocycles. The lowest BCUT2D eigenvalue weighted by Crippen LogP contribution is -2.38. The lowest BCUT2D eigenvalue weighted by atomic mass is 9.98. The van der Waals surface area contributed by atoms with Crippen LogP contribution in [0.1, 0.15) is 27.7 Å². The van der Waals surface area contributed by atoms with E-state index in [1.807, 2.05) is 30.5 Å². The van der Waals surface area contributed by atoms with E-state index in [9.17, 15) is 4.79 Å². The molecule has 2 aromatic rings. The molecule has 2 atom stereocenters. The fourth-order valence-corrected chi connectivity index (χ4v) is 3.56. The van der Waals surface area contributed by atoms with Gasteiger partial charge in [0.2, 0.25) is 5.91 Å². The molecule has 0 spiro atoms. The molecule has 0 saturated carbocycles. The van der Waals surface area contributed by atoms with Gasteiger partial charge >= 0.3 is 0 Å². The Bertz CT molecular complexity index is 638. The first kappa shape index (κ1) is 13.3. The summed E-state index contributed by atoms with van der Waals surface area (Å²) in [6.45, 7) is 2.67. The minimum Gasteiger partial charge on any atom is -0.369 e. The van der Waals surface area contributed by atoms with Crippen LogP contribution in [0.4, 0.5) is 0 Å². The Morgan fingerprint density at radius 1 is 1.50 bits per heavy atom. The van der Waals surface area contributed by atoms with Crippen molar-refractivity contribution in [1.82, 2.24) is 10.3 Å². The number of primary amides is 1. The molecule has 0 bridgehead atoms. The van der Waals surface area contributed by atoms with Crippen molar-refractivity contribution >= 4 is 17.2 Å². The number of rotatable bonds is 4. The third-order valence-electron chi connectivity index (χ3n) is 3.72. The molecule has 0 aliphatic heterocycles. The van der Waals surface area contributed by atoms with Gasteiger partial charge in [0.25, 0.3) is 0 Å². The Hall–Kier alpha value is -1.72. The summed E-state index contributed by atoms with van der Waals surface area (Å²) >= 11 is 1.64. The highest BCUT2D eigenvalue weighted by Crippen LogP contribution is 2.33. The number of aromatic nitrogens is 1. The van der Waals surface area contributed by atoms with Crippen molar-refractivity contribution in [2.24, 2.45) is 5.73 Å². The van der Waals surface area contributed by atoms with Crippen molar-refractivity contribution in [3.8, 4) is 0 Å². The molecule has 2 unspecified atom stereocenters. The van der Waals surface area contributed by atoms with Gasteiger partial charge in [-0.3, -0.25) is 4.79 Å². The maximum atomic E-state index is 11.8. The van der Waals surface area contributed by atoms with E-state index in [2.05, 4.69) is 16.4 Å². The van der Waals surface area contributed by atoms with Crippen LogP contribution in [0, 0.1) is 6.92 Å². The van der Waals surface area contributed by atoms with E-state index >= 15 is 0 Å². The fraction of sp³-hybridized carbons (Fsp3) is 0.333. The minimum absolute atomic E-state index is 0.0640. The molecule has 3 N–H and O–H groups in total. The fourth-order valence-electron chi connectivity index (χ4n) is 2.84. The number of thiazole rings is 1. The van der Waals surface area contributed by atoms with Gasteiger partial charge in [-0.2, -0.15) is 0 Å². The minimum atomic E-state index is -0.261. The zero-order valence-corrected chi connectivity index (χ0v) is 12.1. The molecule has 104 valence electrons. The van der Waals surface area contributed by atoms with Crippen LogP contribution in [0.25, 0.3) is 0 Å². The van der Waals surface area contributed by atoms with Crippen molar-refractivity contribution in [2.45, 2.75) is 31.8 Å². The first-order chi connectivity index (χ1) is 9.65. The van der Waals surface area contributed by atoms with E-state index in [-0.39, 0.29) is 17.9 Å². The second-order valence-electron chi connectivity index (χ2n) is 5.15. The third kappa shape index (κ3) is 2.46. The Morgan fingerprint density at radius 2 is 2.30 bits per heavy atom. The number of carbonyl (C=O) groups excluding carboxylic acids is 1. The molecule has 1 aromatic heterocycles. The molecular weight excluding hydrogens is 270 g/mol. The summed E-state index contributed by atoms with van der Waals surface area (Å²) in [5.41, 5.74) is 8.89. The smallest absolute Gasteiger partial charge is 0.226 e. The zero-order chi connectivity index (χ0) is 14.1. The third-order valence-corrected chi connectivity index (χ3v) is 4.69. The topological polar surface area (TPSA) is 68.0 Å². The molecule has 20 heavy (non-hydrogen) atoms. The van der Waals surface area contributed by atoms with Crippen LogP contribution >= 0.6 is 11.3 Å². The number of amides is 1. The van der Waals surface area contributed by atoms with Gasteiger partial charge < -0.3 is 11.1 Å². The lowest BCUT2D eigenvalue weighted by molar-refractivity contribution is -0.119. The summed E-state index contributed by atoms with van der Waals surface area (Å²) in [7, 11) is 0. The highest BCUT2D eigenvalue weighted by atomic mass is 32.1. The van der Waals surface area contributed by atoms with E-state index in [1.165, 1.54) is 5.56 Å². The number of hydrogen-bond acceptors (Lipinski definition) is 4. The van der Waals surface area contributed by atoms with Gasteiger partial charge in [-0.15, -0.1) is 11.3 Å². The number of benzene rings is 1. The van der Waals surface area contributed by atoms with Crippen LogP contribution in [0.15, 0.2) is 29.6 Å². The maximum Gasteiger partial charge on any atom is 0.226 e. The first-order valence-electron chi connectivity index (χ1n) is 6.66. The highest BCUT2D eigenvalue weighted by molar-refractivity contribution is 7.09. The Balaban J connectivity index is 1.75. The predicted octanol–water partition coefficient (Wildman–Crippen LogP) is 1.73. The summed E-state index contributed by atoms with van der Waals surface area (Å²) < 4.78 is 0. The van der Waals surface area contributed by atoms with Crippen molar-refractivity contribution < 1.29 is 4.79 Å². The summed E-state index contributed by atoms with van der Waals surface area (Å²) in [6, 6.07) is 8.10. The second-order valence-corrected chi connectivity index (χ2v) is 6.10. The van der Waals surface area contributed by atoms with E-state index < -0.39 is 0 Å². The standard InChI is InChI=1S/C15H17N3OS/c1-9-8-20-13(18-9)7-17-12-6-10-4-2-3-5-11(10)14(12)15(16)19/h2-5,8,12,14,17H,6-7H2,1H3,(H2,16,19). The largest absolute Gasteiger partial charge is 0.369 e. The molecule has 4 nitrogen and oxygen atoms in total. The van der Waals surface area contributed by atoms with Crippen molar-refractivity contribution in [1.29, 1.82) is 0 Å². The van der Waals surface area contributed by atoms with Crippen LogP contribution in [-0.2, 0) is 17.8 Å². The lowest BCUT2D eigenvalue weighted by Gasteiger charge is -2.18. The molecule has 0 fully saturated rings. The van der Waals surface area contributed by atoms with Crippen LogP contribution in [0.3, 0.4) is 0 Å². The molecule has 0 radical (unpaired) electrons. The highest BCUT2D eigenvalue weighted by Gasteiger charge is 2.35. The number of aryl methyl sites for hydroxylation is 1. The van der Waals surface area contributed by atoms with E-state index in [4.69, 9.17) is 5.73 Å². The molecule has 1 heterocycles. The van der Waals surface area contributed by atoms with Crippen LogP contribution in [-0.4, -0.2) is 16.9 Å². The average molecular weight is 287 g/mol. The van der Waals surface area contributed by atoms with Crippen molar-refractivity contribution in [3.05, 3.63) is 51.5 Å². The number of nitrogens with one attached hydrogen (secondary N) is 1. The van der Waals surface area contributed by atoms with E-state index in [0.29, 0.717) is 6.54 Å². The Morgan fingerprint density at radius 3 is 3.00 bits per heavy atom. The van der Waals surface area contributed by atoms with Crippen molar-refractivity contribution in [2.75, 3.05) is 0 Å². The molecule has 1 aromatic carbocycles. The van der Waals surface area contributed by atoms with Gasteiger partial charge in [0.05, 0.1) is 5.92 Å². The second kappa shape index (κ2) is 5.34. The SMILES string of the molecule is Cc1csc(CNC2Cc3ccccc3C2C(N)=O)n1. The van der Waals surface area contributed by atoms with Gasteiger partial charge in [-0.1, -0.05) is 24.3 Å². The van der Waals surface area contributed by atoms with E-state index in [0.717, 1.165) is 22.7 Å². The number of carbonyl (C=O) groups is 1. The molecular formula is C15H17N3OS. The summed E-state index contributed by atoms with van der Waals surface area (Å²) in [5.74, 6) is -0.505. The predicted molar refractivity (Wildman–Crippen MR) is 79.6 cm³/mol. The number of hydrogen-bond donors (Lipinski definition) is 2. The first-order valence-corrected chi connectivity index (χ1v) is 7.54. The Labute approximate surface area is 122 Å². The normalized spacial score (nSPS) is 20.9. The summed E-state index contributed by atoms with van der Waals surface area (Å²) in [6.07, 6.45) is 0.841. The van der Waals surface area contributed by atoms with Gasteiger partial charge in [0.1, 0.15) is 5.01 Å². The summed E-state index contributed by atoms with van der Waals surface area (Å²) in [4.78, 5) is 16.2. The molecule has 0 saturated heterocycles. The van der Waals surface area contributed by atoms with Crippen molar-refractivity contribution in [3.63, 3.8) is 0 Å². The molecule has 5 heteroatoms. The molecule has 3 rings (SSSR count). The van der Waals surface area contributed by atoms with E-state index in [1.54, 1.807) is 11.3 Å².